The second-order valence-corrected chi connectivity index (χ2v) is 21.5. The minimum atomic E-state index is -1.56. The fraction of sp³-hybridized carbons (Fsp3) is 0.950. The number of aliphatic hydroxyl groups excluding tert-OH is 5. The third-order valence-electron chi connectivity index (χ3n) is 14.9. The summed E-state index contributed by atoms with van der Waals surface area (Å²) in [5.41, 5.74) is 0. The zero-order valence-corrected chi connectivity index (χ0v) is 45.6. The van der Waals surface area contributed by atoms with Gasteiger partial charge in [0.15, 0.2) is 6.29 Å². The first-order chi connectivity index (χ1) is 33.8. The molecule has 0 radical (unpaired) electrons. The van der Waals surface area contributed by atoms with Crippen molar-refractivity contribution in [3.63, 3.8) is 0 Å². The highest BCUT2D eigenvalue weighted by molar-refractivity contribution is 5.76. The lowest BCUT2D eigenvalue weighted by atomic mass is 9.99. The van der Waals surface area contributed by atoms with Gasteiger partial charge in [-0.3, -0.25) is 4.79 Å². The Hall–Kier alpha value is -1.07. The highest BCUT2D eigenvalue weighted by atomic mass is 16.7. The summed E-state index contributed by atoms with van der Waals surface area (Å²) in [5.74, 6) is -0.169. The van der Waals surface area contributed by atoms with Gasteiger partial charge in [0.2, 0.25) is 5.91 Å². The Morgan fingerprint density at radius 2 is 0.797 bits per heavy atom. The number of ether oxygens (including phenoxy) is 2. The third-order valence-corrected chi connectivity index (χ3v) is 14.9. The van der Waals surface area contributed by atoms with Gasteiger partial charge in [-0.05, 0) is 19.3 Å². The normalized spacial score (nSPS) is 19.4. The van der Waals surface area contributed by atoms with Gasteiger partial charge in [0.25, 0.3) is 0 Å². The number of aliphatic hydroxyl groups is 5. The maximum absolute atomic E-state index is 13.1. The van der Waals surface area contributed by atoms with Crippen molar-refractivity contribution in [3.8, 4) is 0 Å². The summed E-state index contributed by atoms with van der Waals surface area (Å²) >= 11 is 0. The molecular formula is C60H117NO8. The van der Waals surface area contributed by atoms with Crippen LogP contribution in [0.3, 0.4) is 0 Å². The summed E-state index contributed by atoms with van der Waals surface area (Å²) in [7, 11) is 0. The fourth-order valence-electron chi connectivity index (χ4n) is 10.0. The molecule has 0 aromatic heterocycles. The number of rotatable bonds is 53. The number of hydrogen-bond donors (Lipinski definition) is 6. The van der Waals surface area contributed by atoms with Gasteiger partial charge >= 0.3 is 0 Å². The lowest BCUT2D eigenvalue weighted by molar-refractivity contribution is -0.302. The van der Waals surface area contributed by atoms with Crippen LogP contribution in [0.15, 0.2) is 12.2 Å². The molecule has 0 aliphatic carbocycles. The van der Waals surface area contributed by atoms with E-state index in [4.69, 9.17) is 9.47 Å². The Bertz CT molecular complexity index is 1090. The smallest absolute Gasteiger partial charge is 0.220 e. The van der Waals surface area contributed by atoms with E-state index in [0.717, 1.165) is 38.5 Å². The Balaban J connectivity index is 2.18. The van der Waals surface area contributed by atoms with Crippen molar-refractivity contribution < 1.29 is 39.8 Å². The first-order valence-electron chi connectivity index (χ1n) is 30.4. The van der Waals surface area contributed by atoms with E-state index in [2.05, 4.69) is 19.2 Å². The summed E-state index contributed by atoms with van der Waals surface area (Å²) in [4.78, 5) is 13.1. The highest BCUT2D eigenvalue weighted by Crippen LogP contribution is 2.23. The number of hydrogen-bond acceptors (Lipinski definition) is 8. The molecule has 6 N–H and O–H groups in total. The molecule has 7 atom stereocenters. The van der Waals surface area contributed by atoms with Crippen LogP contribution in [0.25, 0.3) is 0 Å². The number of amides is 1. The van der Waals surface area contributed by atoms with E-state index >= 15 is 0 Å². The Kier molecular flexibility index (Phi) is 48.2. The molecule has 410 valence electrons. The van der Waals surface area contributed by atoms with Crippen LogP contribution in [-0.2, 0) is 14.3 Å². The summed E-state index contributed by atoms with van der Waals surface area (Å²) in [6.45, 7) is 3.83. The number of allylic oxidation sites excluding steroid dienone is 1. The van der Waals surface area contributed by atoms with Gasteiger partial charge in [0, 0.05) is 6.42 Å². The number of carbonyl (C=O) groups is 1. The summed E-state index contributed by atoms with van der Waals surface area (Å²) in [5, 5.41) is 54.6. The van der Waals surface area contributed by atoms with Gasteiger partial charge in [0.1, 0.15) is 24.4 Å². The van der Waals surface area contributed by atoms with Gasteiger partial charge in [0.05, 0.1) is 25.4 Å². The molecule has 1 saturated heterocycles. The highest BCUT2D eigenvalue weighted by Gasteiger charge is 2.44. The quantitative estimate of drug-likeness (QED) is 0.0261. The molecular weight excluding hydrogens is 863 g/mol. The van der Waals surface area contributed by atoms with Gasteiger partial charge < -0.3 is 40.3 Å². The lowest BCUT2D eigenvalue weighted by Gasteiger charge is -2.40. The number of carbonyl (C=O) groups excluding carboxylic acids is 1. The number of nitrogens with one attached hydrogen (secondary N) is 1. The topological polar surface area (TPSA) is 149 Å². The van der Waals surface area contributed by atoms with E-state index < -0.39 is 49.5 Å². The predicted octanol–water partition coefficient (Wildman–Crippen LogP) is 15.2. The van der Waals surface area contributed by atoms with E-state index in [1.807, 2.05) is 6.08 Å². The minimum Gasteiger partial charge on any atom is -0.394 e. The van der Waals surface area contributed by atoms with Crippen LogP contribution in [0.5, 0.6) is 0 Å². The van der Waals surface area contributed by atoms with Crippen LogP contribution >= 0.6 is 0 Å². The molecule has 9 nitrogen and oxygen atoms in total. The molecule has 1 heterocycles. The van der Waals surface area contributed by atoms with Crippen molar-refractivity contribution in [3.05, 3.63) is 12.2 Å². The van der Waals surface area contributed by atoms with E-state index in [1.54, 1.807) is 6.08 Å². The van der Waals surface area contributed by atoms with Gasteiger partial charge in [-0.1, -0.05) is 296 Å². The minimum absolute atomic E-state index is 0.169. The van der Waals surface area contributed by atoms with Gasteiger partial charge in [-0.2, -0.15) is 0 Å². The van der Waals surface area contributed by atoms with Crippen molar-refractivity contribution in [2.24, 2.45) is 0 Å². The van der Waals surface area contributed by atoms with Crippen LogP contribution in [0.4, 0.5) is 0 Å². The SMILES string of the molecule is CCCCCCCCCCCCCCCCCCCCCCCCCCC/C=C/C(O)C(COC1OC(CO)C(O)C(O)C1O)NC(=O)CCCCCCCCCCCCCCCCCCCCC. The van der Waals surface area contributed by atoms with Crippen LogP contribution in [0, 0.1) is 0 Å². The Morgan fingerprint density at radius 1 is 0.478 bits per heavy atom. The van der Waals surface area contributed by atoms with E-state index in [-0.39, 0.29) is 12.5 Å². The van der Waals surface area contributed by atoms with Crippen molar-refractivity contribution >= 4 is 5.91 Å². The van der Waals surface area contributed by atoms with Gasteiger partial charge in [-0.15, -0.1) is 0 Å². The summed E-state index contributed by atoms with van der Waals surface area (Å²) in [6, 6.07) is -0.800. The van der Waals surface area contributed by atoms with Crippen molar-refractivity contribution in [1.29, 1.82) is 0 Å². The molecule has 1 rings (SSSR count). The predicted molar refractivity (Wildman–Crippen MR) is 291 cm³/mol. The Morgan fingerprint density at radius 3 is 1.13 bits per heavy atom. The lowest BCUT2D eigenvalue weighted by Crippen LogP contribution is -2.60. The van der Waals surface area contributed by atoms with E-state index in [9.17, 15) is 30.3 Å². The van der Waals surface area contributed by atoms with E-state index in [0.29, 0.717) is 6.42 Å². The summed E-state index contributed by atoms with van der Waals surface area (Å²) < 4.78 is 11.3. The van der Waals surface area contributed by atoms with Crippen molar-refractivity contribution in [1.82, 2.24) is 5.32 Å². The molecule has 0 bridgehead atoms. The van der Waals surface area contributed by atoms with Crippen molar-refractivity contribution in [2.75, 3.05) is 13.2 Å². The molecule has 1 amide bonds. The average molecular weight is 981 g/mol. The first kappa shape index (κ1) is 65.9. The molecule has 1 fully saturated rings. The largest absolute Gasteiger partial charge is 0.394 e. The second kappa shape index (κ2) is 50.5. The number of unbranched alkanes of at least 4 members (excludes halogenated alkanes) is 43. The summed E-state index contributed by atoms with van der Waals surface area (Å²) in [6.07, 6.45) is 55.7. The molecule has 0 saturated carbocycles. The molecule has 1 aliphatic rings. The van der Waals surface area contributed by atoms with Crippen LogP contribution in [-0.4, -0.2) is 87.5 Å². The molecule has 0 aromatic carbocycles. The molecule has 0 aromatic rings. The maximum Gasteiger partial charge on any atom is 0.220 e. The standard InChI is InChI=1S/C60H117NO8/c1-3-5-7-9-11-13-15-17-19-21-23-24-25-26-27-28-29-30-32-33-35-37-39-41-43-45-47-49-54(63)53(52-68-60-59(67)58(66)57(65)55(51-62)69-60)61-56(64)50-48-46-44-42-40-38-36-34-31-22-20-18-16-14-12-10-8-6-4-2/h47,49,53-55,57-60,62-63,65-67H,3-46,48,50-52H2,1-2H3,(H,61,64)/b49-47+. The third kappa shape index (κ3) is 40.1. The zero-order valence-electron chi connectivity index (χ0n) is 45.6. The van der Waals surface area contributed by atoms with Gasteiger partial charge in [-0.25, -0.2) is 0 Å². The van der Waals surface area contributed by atoms with E-state index in [1.165, 1.54) is 250 Å². The molecule has 0 spiro atoms. The molecule has 69 heavy (non-hydrogen) atoms. The molecule has 7 unspecified atom stereocenters. The fourth-order valence-corrected chi connectivity index (χ4v) is 10.0. The van der Waals surface area contributed by atoms with Crippen LogP contribution in [0.2, 0.25) is 0 Å². The van der Waals surface area contributed by atoms with Crippen LogP contribution < -0.4 is 5.32 Å². The average Bonchev–Trinajstić information content (AvgIpc) is 3.35. The zero-order chi connectivity index (χ0) is 50.1. The maximum atomic E-state index is 13.1. The monoisotopic (exact) mass is 980 g/mol. The van der Waals surface area contributed by atoms with Crippen LogP contribution in [0.1, 0.15) is 309 Å². The molecule has 9 heteroatoms. The first-order valence-corrected chi connectivity index (χ1v) is 30.4. The second-order valence-electron chi connectivity index (χ2n) is 21.5. The molecule has 1 aliphatic heterocycles. The van der Waals surface area contributed by atoms with Crippen molar-refractivity contribution in [2.45, 2.75) is 352 Å². The Labute approximate surface area is 426 Å².